The van der Waals surface area contributed by atoms with Gasteiger partial charge in [-0.05, 0) is 38.7 Å². The van der Waals surface area contributed by atoms with Crippen molar-refractivity contribution in [2.75, 3.05) is 20.6 Å². The zero-order valence-electron chi connectivity index (χ0n) is 9.57. The van der Waals surface area contributed by atoms with E-state index in [-0.39, 0.29) is 0 Å². The van der Waals surface area contributed by atoms with Gasteiger partial charge in [-0.1, -0.05) is 6.07 Å². The third kappa shape index (κ3) is 2.18. The molecule has 0 N–H and O–H groups in total. The lowest BCUT2D eigenvalue weighted by atomic mass is 10.2. The molecule has 0 amide bonds. The van der Waals surface area contributed by atoms with Crippen LogP contribution < -0.4 is 0 Å². The van der Waals surface area contributed by atoms with Crippen LogP contribution in [-0.4, -0.2) is 35.1 Å². The Kier molecular flexibility index (Phi) is 2.73. The number of hydrogen-bond acceptors (Lipinski definition) is 2. The van der Waals surface area contributed by atoms with Crippen LogP contribution in [0.15, 0.2) is 24.5 Å². The monoisotopic (exact) mass is 203 g/mol. The molecule has 2 aromatic rings. The molecule has 1 aromatic heterocycles. The maximum atomic E-state index is 4.40. The van der Waals surface area contributed by atoms with Crippen molar-refractivity contribution < 1.29 is 0 Å². The molecule has 0 aliphatic rings. The van der Waals surface area contributed by atoms with Crippen LogP contribution in [0.25, 0.3) is 11.0 Å². The topological polar surface area (TPSA) is 21.1 Å². The van der Waals surface area contributed by atoms with Crippen LogP contribution in [0, 0.1) is 6.92 Å². The van der Waals surface area contributed by atoms with E-state index in [1.807, 2.05) is 6.33 Å². The van der Waals surface area contributed by atoms with E-state index in [9.17, 15) is 0 Å². The number of nitrogens with zero attached hydrogens (tertiary/aromatic N) is 3. The lowest BCUT2D eigenvalue weighted by Gasteiger charge is -2.10. The van der Waals surface area contributed by atoms with Crippen molar-refractivity contribution in [2.45, 2.75) is 13.5 Å². The number of benzene rings is 1. The summed E-state index contributed by atoms with van der Waals surface area (Å²) in [6, 6.07) is 6.41. The Hall–Kier alpha value is -1.35. The summed E-state index contributed by atoms with van der Waals surface area (Å²) in [5, 5.41) is 0. The predicted molar refractivity (Wildman–Crippen MR) is 63.0 cm³/mol. The number of hydrogen-bond donors (Lipinski definition) is 0. The van der Waals surface area contributed by atoms with Gasteiger partial charge in [0.2, 0.25) is 0 Å². The van der Waals surface area contributed by atoms with E-state index in [1.165, 1.54) is 11.1 Å². The third-order valence-corrected chi connectivity index (χ3v) is 2.56. The molecule has 0 radical (unpaired) electrons. The molecule has 0 aliphatic carbocycles. The summed E-state index contributed by atoms with van der Waals surface area (Å²) >= 11 is 0. The van der Waals surface area contributed by atoms with Crippen molar-refractivity contribution in [1.82, 2.24) is 14.5 Å². The fraction of sp³-hybridized carbons (Fsp3) is 0.417. The normalized spacial score (nSPS) is 11.5. The van der Waals surface area contributed by atoms with Gasteiger partial charge in [0.1, 0.15) is 0 Å². The summed E-state index contributed by atoms with van der Waals surface area (Å²) in [5.41, 5.74) is 3.58. The van der Waals surface area contributed by atoms with Gasteiger partial charge in [-0.15, -0.1) is 0 Å². The van der Waals surface area contributed by atoms with Gasteiger partial charge in [0.25, 0.3) is 0 Å². The average Bonchev–Trinajstić information content (AvgIpc) is 2.57. The molecule has 2 rings (SSSR count). The molecular weight excluding hydrogens is 186 g/mol. The number of aromatic nitrogens is 2. The molecule has 1 aromatic carbocycles. The third-order valence-electron chi connectivity index (χ3n) is 2.56. The Morgan fingerprint density at radius 2 is 2.13 bits per heavy atom. The van der Waals surface area contributed by atoms with Crippen LogP contribution >= 0.6 is 0 Å². The van der Waals surface area contributed by atoms with Gasteiger partial charge in [-0.25, -0.2) is 4.98 Å². The average molecular weight is 203 g/mol. The highest BCUT2D eigenvalue weighted by atomic mass is 15.1. The first-order valence-electron chi connectivity index (χ1n) is 5.23. The zero-order valence-corrected chi connectivity index (χ0v) is 9.57. The van der Waals surface area contributed by atoms with Gasteiger partial charge in [-0.2, -0.15) is 0 Å². The lowest BCUT2D eigenvalue weighted by molar-refractivity contribution is 0.386. The van der Waals surface area contributed by atoms with Crippen LogP contribution in [0.2, 0.25) is 0 Å². The standard InChI is InChI=1S/C12H17N3/c1-10-4-5-12-11(8-10)13-9-15(12)7-6-14(2)3/h4-5,8-9H,6-7H2,1-3H3. The second kappa shape index (κ2) is 4.03. The number of fused-ring (bicyclic) bond motifs is 1. The number of aryl methyl sites for hydroxylation is 1. The SMILES string of the molecule is Cc1ccc2c(c1)ncn2CCN(C)C. The van der Waals surface area contributed by atoms with Crippen LogP contribution in [-0.2, 0) is 6.54 Å². The highest BCUT2D eigenvalue weighted by Gasteiger charge is 2.02. The fourth-order valence-corrected chi connectivity index (χ4v) is 1.66. The van der Waals surface area contributed by atoms with Gasteiger partial charge >= 0.3 is 0 Å². The maximum Gasteiger partial charge on any atom is 0.0958 e. The quantitative estimate of drug-likeness (QED) is 0.759. The molecule has 0 aliphatic heterocycles. The predicted octanol–water partition coefficient (Wildman–Crippen LogP) is 1.91. The van der Waals surface area contributed by atoms with Gasteiger partial charge in [0, 0.05) is 13.1 Å². The second-order valence-electron chi connectivity index (χ2n) is 4.23. The van der Waals surface area contributed by atoms with Crippen molar-refractivity contribution in [3.05, 3.63) is 30.1 Å². The molecular formula is C12H17N3. The van der Waals surface area contributed by atoms with Crippen LogP contribution in [0.5, 0.6) is 0 Å². The summed E-state index contributed by atoms with van der Waals surface area (Å²) in [4.78, 5) is 6.58. The van der Waals surface area contributed by atoms with E-state index in [4.69, 9.17) is 0 Å². The van der Waals surface area contributed by atoms with E-state index in [0.717, 1.165) is 18.6 Å². The van der Waals surface area contributed by atoms with Crippen molar-refractivity contribution in [1.29, 1.82) is 0 Å². The summed E-state index contributed by atoms with van der Waals surface area (Å²) in [7, 11) is 4.17. The number of imidazole rings is 1. The molecule has 0 atom stereocenters. The summed E-state index contributed by atoms with van der Waals surface area (Å²) in [6.45, 7) is 4.13. The van der Waals surface area contributed by atoms with Crippen molar-refractivity contribution in [3.63, 3.8) is 0 Å². The fourth-order valence-electron chi connectivity index (χ4n) is 1.66. The minimum absolute atomic E-state index is 0.993. The van der Waals surface area contributed by atoms with Crippen LogP contribution in [0.4, 0.5) is 0 Å². The smallest absolute Gasteiger partial charge is 0.0958 e. The Labute approximate surface area is 90.3 Å². The molecule has 3 heteroatoms. The zero-order chi connectivity index (χ0) is 10.8. The Morgan fingerprint density at radius 1 is 1.33 bits per heavy atom. The van der Waals surface area contributed by atoms with E-state index in [0.29, 0.717) is 0 Å². The Morgan fingerprint density at radius 3 is 2.87 bits per heavy atom. The van der Waals surface area contributed by atoms with Gasteiger partial charge in [-0.3, -0.25) is 0 Å². The Bertz CT molecular complexity index is 457. The van der Waals surface area contributed by atoms with E-state index in [2.05, 4.69) is 53.7 Å². The molecule has 3 nitrogen and oxygen atoms in total. The van der Waals surface area contributed by atoms with Crippen molar-refractivity contribution in [2.24, 2.45) is 0 Å². The molecule has 0 saturated heterocycles. The lowest BCUT2D eigenvalue weighted by Crippen LogP contribution is -2.17. The maximum absolute atomic E-state index is 4.40. The minimum atomic E-state index is 0.993. The molecule has 80 valence electrons. The molecule has 0 unspecified atom stereocenters. The number of rotatable bonds is 3. The molecule has 15 heavy (non-hydrogen) atoms. The first kappa shape index (κ1) is 10.2. The first-order valence-corrected chi connectivity index (χ1v) is 5.23. The van der Waals surface area contributed by atoms with Gasteiger partial charge < -0.3 is 9.47 Å². The highest BCUT2D eigenvalue weighted by molar-refractivity contribution is 5.75. The van der Waals surface area contributed by atoms with E-state index in [1.54, 1.807) is 0 Å². The molecule has 0 spiro atoms. The second-order valence-corrected chi connectivity index (χ2v) is 4.23. The van der Waals surface area contributed by atoms with Crippen molar-refractivity contribution in [3.8, 4) is 0 Å². The molecule has 0 saturated carbocycles. The first-order chi connectivity index (χ1) is 7.16. The van der Waals surface area contributed by atoms with Gasteiger partial charge in [0.15, 0.2) is 0 Å². The minimum Gasteiger partial charge on any atom is -0.329 e. The molecule has 1 heterocycles. The highest BCUT2D eigenvalue weighted by Crippen LogP contribution is 2.14. The van der Waals surface area contributed by atoms with Crippen molar-refractivity contribution >= 4 is 11.0 Å². The molecule has 0 bridgehead atoms. The molecule has 0 fully saturated rings. The summed E-state index contributed by atoms with van der Waals surface area (Å²) in [5.74, 6) is 0. The number of likely N-dealkylation sites (N-methyl/N-ethyl adjacent to an activating group) is 1. The summed E-state index contributed by atoms with van der Waals surface area (Å²) in [6.07, 6.45) is 1.92. The van der Waals surface area contributed by atoms with Crippen LogP contribution in [0.3, 0.4) is 0 Å². The summed E-state index contributed by atoms with van der Waals surface area (Å²) < 4.78 is 2.20. The van der Waals surface area contributed by atoms with Crippen LogP contribution in [0.1, 0.15) is 5.56 Å². The Balaban J connectivity index is 2.29. The van der Waals surface area contributed by atoms with Gasteiger partial charge in [0.05, 0.1) is 17.4 Å². The van der Waals surface area contributed by atoms with E-state index >= 15 is 0 Å². The largest absolute Gasteiger partial charge is 0.329 e. The van der Waals surface area contributed by atoms with E-state index < -0.39 is 0 Å².